The summed E-state index contributed by atoms with van der Waals surface area (Å²) in [6.07, 6.45) is 2.33. The van der Waals surface area contributed by atoms with E-state index in [2.05, 4.69) is 10.6 Å². The van der Waals surface area contributed by atoms with Gasteiger partial charge in [-0.15, -0.1) is 0 Å². The standard InChI is InChI=1S/C19H28N2O5/c22-14-19(8-10-26-11-9-19)13-20-18(25)21-16(6-7-17(23)24)12-15-4-2-1-3-5-15/h1-5,16,22H,6-14H2,(H,23,24)(H2,20,21,25). The Morgan fingerprint density at radius 3 is 2.50 bits per heavy atom. The van der Waals surface area contributed by atoms with Crippen molar-refractivity contribution in [2.24, 2.45) is 5.41 Å². The van der Waals surface area contributed by atoms with Gasteiger partial charge in [0.2, 0.25) is 0 Å². The van der Waals surface area contributed by atoms with Crippen molar-refractivity contribution in [3.63, 3.8) is 0 Å². The summed E-state index contributed by atoms with van der Waals surface area (Å²) >= 11 is 0. The van der Waals surface area contributed by atoms with Crippen LogP contribution in [-0.4, -0.2) is 54.6 Å². The van der Waals surface area contributed by atoms with E-state index in [9.17, 15) is 14.7 Å². The van der Waals surface area contributed by atoms with E-state index in [-0.39, 0.29) is 30.5 Å². The van der Waals surface area contributed by atoms with Gasteiger partial charge in [-0.2, -0.15) is 0 Å². The Bertz CT molecular complexity index is 573. The van der Waals surface area contributed by atoms with Crippen LogP contribution in [0.2, 0.25) is 0 Å². The summed E-state index contributed by atoms with van der Waals surface area (Å²) in [6.45, 7) is 1.54. The Balaban J connectivity index is 1.88. The lowest BCUT2D eigenvalue weighted by Gasteiger charge is -2.35. The molecule has 0 bridgehead atoms. The number of urea groups is 1. The summed E-state index contributed by atoms with van der Waals surface area (Å²) in [5.74, 6) is -0.883. The van der Waals surface area contributed by atoms with Gasteiger partial charge in [-0.25, -0.2) is 4.79 Å². The number of carboxylic acids is 1. The molecule has 7 heteroatoms. The quantitative estimate of drug-likeness (QED) is 0.532. The van der Waals surface area contributed by atoms with Crippen molar-refractivity contribution in [2.45, 2.75) is 38.1 Å². The molecule has 1 heterocycles. The minimum atomic E-state index is -0.883. The number of aliphatic hydroxyl groups is 1. The molecule has 4 N–H and O–H groups in total. The molecule has 0 aromatic heterocycles. The number of benzene rings is 1. The highest BCUT2D eigenvalue weighted by atomic mass is 16.5. The normalized spacial score (nSPS) is 17.3. The molecular formula is C19H28N2O5. The molecule has 1 aromatic rings. The van der Waals surface area contributed by atoms with Gasteiger partial charge in [-0.3, -0.25) is 4.79 Å². The van der Waals surface area contributed by atoms with E-state index >= 15 is 0 Å². The maximum Gasteiger partial charge on any atom is 0.315 e. The Hall–Kier alpha value is -2.12. The second-order valence-corrected chi connectivity index (χ2v) is 6.92. The highest BCUT2D eigenvalue weighted by molar-refractivity contribution is 5.74. The fraction of sp³-hybridized carbons (Fsp3) is 0.579. The lowest BCUT2D eigenvalue weighted by molar-refractivity contribution is -0.137. The van der Waals surface area contributed by atoms with Crippen molar-refractivity contribution in [3.8, 4) is 0 Å². The predicted octanol–water partition coefficient (Wildman–Crippen LogP) is 1.55. The molecule has 144 valence electrons. The number of hydrogen-bond donors (Lipinski definition) is 4. The Morgan fingerprint density at radius 2 is 1.88 bits per heavy atom. The van der Waals surface area contributed by atoms with Gasteiger partial charge in [0.25, 0.3) is 0 Å². The first-order valence-corrected chi connectivity index (χ1v) is 9.02. The van der Waals surface area contributed by atoms with Crippen molar-refractivity contribution in [1.82, 2.24) is 10.6 Å². The SMILES string of the molecule is O=C(O)CCC(Cc1ccccc1)NC(=O)NCC1(CO)CCOCC1. The van der Waals surface area contributed by atoms with Crippen LogP contribution in [-0.2, 0) is 16.0 Å². The van der Waals surface area contributed by atoms with Gasteiger partial charge >= 0.3 is 12.0 Å². The van der Waals surface area contributed by atoms with Crippen LogP contribution in [0.4, 0.5) is 4.79 Å². The first kappa shape index (κ1) is 20.2. The van der Waals surface area contributed by atoms with Crippen LogP contribution in [0.3, 0.4) is 0 Å². The zero-order chi connectivity index (χ0) is 18.8. The van der Waals surface area contributed by atoms with Gasteiger partial charge in [0, 0.05) is 37.6 Å². The number of nitrogens with one attached hydrogen (secondary N) is 2. The third-order valence-corrected chi connectivity index (χ3v) is 4.88. The Kier molecular flexibility index (Phi) is 7.87. The monoisotopic (exact) mass is 364 g/mol. The van der Waals surface area contributed by atoms with Gasteiger partial charge < -0.3 is 25.6 Å². The fourth-order valence-electron chi connectivity index (χ4n) is 3.12. The smallest absolute Gasteiger partial charge is 0.315 e. The number of ether oxygens (including phenoxy) is 1. The molecule has 1 unspecified atom stereocenters. The number of carboxylic acid groups (broad SMARTS) is 1. The molecule has 7 nitrogen and oxygen atoms in total. The van der Waals surface area contributed by atoms with Gasteiger partial charge in [0.15, 0.2) is 0 Å². The van der Waals surface area contributed by atoms with Crippen LogP contribution in [0.5, 0.6) is 0 Å². The number of amides is 2. The molecule has 1 aliphatic heterocycles. The lowest BCUT2D eigenvalue weighted by atomic mass is 9.81. The molecule has 1 saturated heterocycles. The summed E-state index contributed by atoms with van der Waals surface area (Å²) in [6, 6.07) is 9.05. The number of carbonyl (C=O) groups excluding carboxylic acids is 1. The van der Waals surface area contributed by atoms with E-state index in [0.29, 0.717) is 45.4 Å². The fourth-order valence-corrected chi connectivity index (χ4v) is 3.12. The van der Waals surface area contributed by atoms with Crippen molar-refractivity contribution in [2.75, 3.05) is 26.4 Å². The van der Waals surface area contributed by atoms with Crippen LogP contribution in [0.25, 0.3) is 0 Å². The first-order valence-electron chi connectivity index (χ1n) is 9.02. The maximum absolute atomic E-state index is 12.3. The highest BCUT2D eigenvalue weighted by Gasteiger charge is 2.32. The second kappa shape index (κ2) is 10.1. The van der Waals surface area contributed by atoms with Gasteiger partial charge in [-0.05, 0) is 31.2 Å². The van der Waals surface area contributed by atoms with Crippen LogP contribution in [0.1, 0.15) is 31.2 Å². The molecule has 1 aromatic carbocycles. The molecule has 2 amide bonds. The topological polar surface area (TPSA) is 108 Å². The summed E-state index contributed by atoms with van der Waals surface area (Å²) in [5, 5.41) is 24.3. The van der Waals surface area contributed by atoms with E-state index in [1.165, 1.54) is 0 Å². The van der Waals surface area contributed by atoms with E-state index < -0.39 is 5.97 Å². The van der Waals surface area contributed by atoms with Crippen molar-refractivity contribution >= 4 is 12.0 Å². The van der Waals surface area contributed by atoms with Crippen molar-refractivity contribution in [1.29, 1.82) is 0 Å². The van der Waals surface area contributed by atoms with Crippen LogP contribution >= 0.6 is 0 Å². The van der Waals surface area contributed by atoms with Crippen molar-refractivity contribution in [3.05, 3.63) is 35.9 Å². The molecular weight excluding hydrogens is 336 g/mol. The minimum Gasteiger partial charge on any atom is -0.481 e. The molecule has 26 heavy (non-hydrogen) atoms. The molecule has 1 atom stereocenters. The number of aliphatic hydroxyl groups excluding tert-OH is 1. The molecule has 2 rings (SSSR count). The van der Waals surface area contributed by atoms with E-state index in [1.807, 2.05) is 30.3 Å². The van der Waals surface area contributed by atoms with E-state index in [4.69, 9.17) is 9.84 Å². The third kappa shape index (κ3) is 6.65. The Labute approximate surface area is 153 Å². The molecule has 0 aliphatic carbocycles. The third-order valence-electron chi connectivity index (χ3n) is 4.88. The summed E-state index contributed by atoms with van der Waals surface area (Å²) in [4.78, 5) is 23.2. The second-order valence-electron chi connectivity index (χ2n) is 6.92. The number of rotatable bonds is 9. The average Bonchev–Trinajstić information content (AvgIpc) is 2.66. The minimum absolute atomic E-state index is 0.00307. The largest absolute Gasteiger partial charge is 0.481 e. The molecule has 0 radical (unpaired) electrons. The number of hydrogen-bond acceptors (Lipinski definition) is 4. The van der Waals surface area contributed by atoms with Crippen molar-refractivity contribution < 1.29 is 24.5 Å². The summed E-state index contributed by atoms with van der Waals surface area (Å²) in [7, 11) is 0. The highest BCUT2D eigenvalue weighted by Crippen LogP contribution is 2.28. The van der Waals surface area contributed by atoms with E-state index in [1.54, 1.807) is 0 Å². The molecule has 1 aliphatic rings. The summed E-state index contributed by atoms with van der Waals surface area (Å²) in [5.41, 5.74) is 0.699. The molecule has 1 fully saturated rings. The average molecular weight is 364 g/mol. The maximum atomic E-state index is 12.3. The van der Waals surface area contributed by atoms with Gasteiger partial charge in [-0.1, -0.05) is 30.3 Å². The zero-order valence-electron chi connectivity index (χ0n) is 14.9. The van der Waals surface area contributed by atoms with E-state index in [0.717, 1.165) is 5.56 Å². The van der Waals surface area contributed by atoms with Crippen LogP contribution < -0.4 is 10.6 Å². The lowest BCUT2D eigenvalue weighted by Crippen LogP contribution is -2.49. The number of aliphatic carboxylic acids is 1. The summed E-state index contributed by atoms with van der Waals surface area (Å²) < 4.78 is 5.32. The zero-order valence-corrected chi connectivity index (χ0v) is 14.9. The predicted molar refractivity (Wildman–Crippen MR) is 96.9 cm³/mol. The van der Waals surface area contributed by atoms with Crippen LogP contribution in [0.15, 0.2) is 30.3 Å². The number of carbonyl (C=O) groups is 2. The molecule has 0 saturated carbocycles. The molecule has 0 spiro atoms. The van der Waals surface area contributed by atoms with Crippen LogP contribution in [0, 0.1) is 5.41 Å². The van der Waals surface area contributed by atoms with Gasteiger partial charge in [0.05, 0.1) is 6.61 Å². The first-order chi connectivity index (χ1) is 12.5. The Morgan fingerprint density at radius 1 is 1.19 bits per heavy atom. The van der Waals surface area contributed by atoms with Gasteiger partial charge in [0.1, 0.15) is 0 Å².